The summed E-state index contributed by atoms with van der Waals surface area (Å²) in [5, 5.41) is 3.37. The van der Waals surface area contributed by atoms with Gasteiger partial charge in [-0.3, -0.25) is 0 Å². The zero-order valence-electron chi connectivity index (χ0n) is 10.6. The Balaban J connectivity index is 1.62. The van der Waals surface area contributed by atoms with Crippen molar-refractivity contribution in [3.05, 3.63) is 0 Å². The summed E-state index contributed by atoms with van der Waals surface area (Å²) in [5.74, 6) is 0. The molecule has 1 heterocycles. The van der Waals surface area contributed by atoms with Crippen LogP contribution < -0.4 is 5.32 Å². The highest BCUT2D eigenvalue weighted by Crippen LogP contribution is 2.13. The van der Waals surface area contributed by atoms with E-state index in [9.17, 15) is 0 Å². The second kappa shape index (κ2) is 9.21. The Hall–Kier alpha value is -0.0400. The molecule has 0 aromatic heterocycles. The van der Waals surface area contributed by atoms with Crippen LogP contribution in [0.5, 0.6) is 0 Å². The van der Waals surface area contributed by atoms with Gasteiger partial charge in [-0.15, -0.1) is 0 Å². The molecule has 90 valence electrons. The Bertz CT molecular complexity index is 129. The number of nitrogens with one attached hydrogen (secondary N) is 1. The van der Waals surface area contributed by atoms with Gasteiger partial charge in [0.05, 0.1) is 0 Å². The third-order valence-electron chi connectivity index (χ3n) is 3.40. The molecule has 1 nitrogen and oxygen atoms in total. The lowest BCUT2D eigenvalue weighted by molar-refractivity contribution is 0.548. The molecule has 1 rings (SSSR count). The smallest absolute Gasteiger partial charge is 0.0193 e. The van der Waals surface area contributed by atoms with Crippen molar-refractivity contribution in [2.24, 2.45) is 0 Å². The third-order valence-corrected chi connectivity index (χ3v) is 3.40. The average molecular weight is 211 g/mol. The molecule has 0 amide bonds. The van der Waals surface area contributed by atoms with Crippen LogP contribution in [0.3, 0.4) is 0 Å². The topological polar surface area (TPSA) is 21.9 Å². The van der Waals surface area contributed by atoms with Gasteiger partial charge in [0, 0.05) is 12.6 Å². The maximum absolute atomic E-state index is 3.37. The number of rotatable bonds is 11. The summed E-state index contributed by atoms with van der Waals surface area (Å²) in [6, 6.07) is 0.902. The summed E-state index contributed by atoms with van der Waals surface area (Å²) >= 11 is 0. The standard InChI is InChI=1S/C14H29N/c1-2-3-4-5-6-7-8-9-10-11-12-14-13-15-14/h14-15H,2-13H2,1H3. The molecule has 1 aliphatic rings. The predicted molar refractivity (Wildman–Crippen MR) is 68.3 cm³/mol. The summed E-state index contributed by atoms with van der Waals surface area (Å²) in [7, 11) is 0. The molecule has 0 aromatic carbocycles. The quantitative estimate of drug-likeness (QED) is 0.400. The van der Waals surface area contributed by atoms with Crippen molar-refractivity contribution < 1.29 is 0 Å². The van der Waals surface area contributed by atoms with Gasteiger partial charge in [-0.25, -0.2) is 0 Å². The Labute approximate surface area is 96.0 Å². The van der Waals surface area contributed by atoms with Gasteiger partial charge < -0.3 is 5.32 Å². The first-order chi connectivity index (χ1) is 7.43. The van der Waals surface area contributed by atoms with Gasteiger partial charge >= 0.3 is 0 Å². The van der Waals surface area contributed by atoms with Gasteiger partial charge in [-0.1, -0.05) is 71.1 Å². The van der Waals surface area contributed by atoms with E-state index in [4.69, 9.17) is 0 Å². The van der Waals surface area contributed by atoms with Crippen molar-refractivity contribution in [3.8, 4) is 0 Å². The van der Waals surface area contributed by atoms with E-state index in [1.807, 2.05) is 0 Å². The molecule has 1 saturated heterocycles. The summed E-state index contributed by atoms with van der Waals surface area (Å²) in [5.41, 5.74) is 0. The molecule has 0 bridgehead atoms. The van der Waals surface area contributed by atoms with Gasteiger partial charge in [0.2, 0.25) is 0 Å². The van der Waals surface area contributed by atoms with Crippen LogP contribution in [0.15, 0.2) is 0 Å². The van der Waals surface area contributed by atoms with Crippen molar-refractivity contribution >= 4 is 0 Å². The van der Waals surface area contributed by atoms with Crippen LogP contribution in [0.2, 0.25) is 0 Å². The number of hydrogen-bond acceptors (Lipinski definition) is 1. The Morgan fingerprint density at radius 1 is 0.800 bits per heavy atom. The minimum absolute atomic E-state index is 0.902. The molecule has 0 radical (unpaired) electrons. The van der Waals surface area contributed by atoms with E-state index in [1.165, 1.54) is 77.2 Å². The van der Waals surface area contributed by atoms with E-state index in [-0.39, 0.29) is 0 Å². The van der Waals surface area contributed by atoms with Gasteiger partial charge in [0.15, 0.2) is 0 Å². The van der Waals surface area contributed by atoms with Crippen molar-refractivity contribution in [1.82, 2.24) is 5.32 Å². The lowest BCUT2D eigenvalue weighted by atomic mass is 10.1. The lowest BCUT2D eigenvalue weighted by Crippen LogP contribution is -1.89. The van der Waals surface area contributed by atoms with E-state index in [2.05, 4.69) is 12.2 Å². The molecular formula is C14H29N. The molecule has 0 saturated carbocycles. The van der Waals surface area contributed by atoms with Gasteiger partial charge in [-0.05, 0) is 6.42 Å². The van der Waals surface area contributed by atoms with Crippen LogP contribution in [0.4, 0.5) is 0 Å². The molecule has 1 fully saturated rings. The SMILES string of the molecule is CCCCCCCCCCCCC1CN1. The van der Waals surface area contributed by atoms with Crippen LogP contribution >= 0.6 is 0 Å². The molecule has 0 spiro atoms. The molecule has 0 aromatic rings. The number of hydrogen-bond donors (Lipinski definition) is 1. The monoisotopic (exact) mass is 211 g/mol. The number of unbranched alkanes of at least 4 members (excludes halogenated alkanes) is 9. The predicted octanol–water partition coefficient (Wildman–Crippen LogP) is 4.27. The highest BCUT2D eigenvalue weighted by atomic mass is 15.1. The first-order valence-corrected chi connectivity index (χ1v) is 7.17. The molecule has 1 atom stereocenters. The minimum atomic E-state index is 0.902. The summed E-state index contributed by atoms with van der Waals surface area (Å²) < 4.78 is 0. The lowest BCUT2D eigenvalue weighted by Gasteiger charge is -2.01. The Kier molecular flexibility index (Phi) is 7.99. The van der Waals surface area contributed by atoms with Gasteiger partial charge in [-0.2, -0.15) is 0 Å². The highest BCUT2D eigenvalue weighted by molar-refractivity contribution is 4.82. The van der Waals surface area contributed by atoms with Crippen LogP contribution in [0.1, 0.15) is 77.6 Å². The fourth-order valence-corrected chi connectivity index (χ4v) is 2.17. The molecule has 1 unspecified atom stereocenters. The average Bonchev–Trinajstić information content (AvgIpc) is 3.05. The minimum Gasteiger partial charge on any atom is -0.311 e. The Morgan fingerprint density at radius 2 is 1.27 bits per heavy atom. The largest absolute Gasteiger partial charge is 0.311 e. The summed E-state index contributed by atoms with van der Waals surface area (Å²) in [4.78, 5) is 0. The molecular weight excluding hydrogens is 182 g/mol. The molecule has 1 heteroatoms. The van der Waals surface area contributed by atoms with Crippen molar-refractivity contribution in [2.75, 3.05) is 6.54 Å². The maximum Gasteiger partial charge on any atom is 0.0193 e. The van der Waals surface area contributed by atoms with Crippen molar-refractivity contribution in [1.29, 1.82) is 0 Å². The van der Waals surface area contributed by atoms with Crippen LogP contribution in [0.25, 0.3) is 0 Å². The Morgan fingerprint density at radius 3 is 1.73 bits per heavy atom. The van der Waals surface area contributed by atoms with E-state index in [1.54, 1.807) is 0 Å². The van der Waals surface area contributed by atoms with E-state index in [0.717, 1.165) is 6.04 Å². The fourth-order valence-electron chi connectivity index (χ4n) is 2.17. The van der Waals surface area contributed by atoms with Crippen LogP contribution in [0, 0.1) is 0 Å². The van der Waals surface area contributed by atoms with Crippen LogP contribution in [-0.4, -0.2) is 12.6 Å². The zero-order chi connectivity index (χ0) is 10.8. The maximum atomic E-state index is 3.37. The van der Waals surface area contributed by atoms with E-state index < -0.39 is 0 Å². The summed E-state index contributed by atoms with van der Waals surface area (Å²) in [6.07, 6.45) is 16.0. The first-order valence-electron chi connectivity index (χ1n) is 7.17. The van der Waals surface area contributed by atoms with Crippen LogP contribution in [-0.2, 0) is 0 Å². The fraction of sp³-hybridized carbons (Fsp3) is 1.00. The van der Waals surface area contributed by atoms with E-state index in [0.29, 0.717) is 0 Å². The molecule has 15 heavy (non-hydrogen) atoms. The normalized spacial score (nSPS) is 19.4. The van der Waals surface area contributed by atoms with Crippen molar-refractivity contribution in [2.45, 2.75) is 83.6 Å². The zero-order valence-corrected chi connectivity index (χ0v) is 10.6. The summed E-state index contributed by atoms with van der Waals surface area (Å²) in [6.45, 7) is 3.58. The van der Waals surface area contributed by atoms with Gasteiger partial charge in [0.25, 0.3) is 0 Å². The second-order valence-electron chi connectivity index (χ2n) is 5.08. The third kappa shape index (κ3) is 8.92. The van der Waals surface area contributed by atoms with E-state index >= 15 is 0 Å². The first kappa shape index (κ1) is 13.0. The van der Waals surface area contributed by atoms with Crippen molar-refractivity contribution in [3.63, 3.8) is 0 Å². The molecule has 1 N–H and O–H groups in total. The highest BCUT2D eigenvalue weighted by Gasteiger charge is 2.18. The second-order valence-corrected chi connectivity index (χ2v) is 5.08. The molecule has 0 aliphatic carbocycles. The van der Waals surface area contributed by atoms with Gasteiger partial charge in [0.1, 0.15) is 0 Å². The molecule has 1 aliphatic heterocycles.